The van der Waals surface area contributed by atoms with Crippen LogP contribution in [0.3, 0.4) is 0 Å². The van der Waals surface area contributed by atoms with Gasteiger partial charge in [-0.2, -0.15) is 0 Å². The molecule has 0 unspecified atom stereocenters. The number of hydrogen-bond acceptors (Lipinski definition) is 1. The highest BCUT2D eigenvalue weighted by Gasteiger charge is 1.69. The molecular formula is C3H7NO. The first kappa shape index (κ1) is 4.21. The van der Waals surface area contributed by atoms with Crippen molar-refractivity contribution in [3.05, 3.63) is 12.7 Å². The number of carbonyl (C=O) groups excluding carboxylic acids is 1. The van der Waals surface area contributed by atoms with E-state index in [0.29, 0.717) is 0 Å². The predicted molar refractivity (Wildman–Crippen MR) is 21.5 cm³/mol. The first-order valence-corrected chi connectivity index (χ1v) is 1.19. The Bertz CT molecular complexity index is 61.8. The summed E-state index contributed by atoms with van der Waals surface area (Å²) in [6.45, 7) is 3.09. The van der Waals surface area contributed by atoms with E-state index in [1.807, 2.05) is 0 Å². The van der Waals surface area contributed by atoms with Gasteiger partial charge < -0.3 is 5.73 Å². The van der Waals surface area contributed by atoms with Crippen molar-refractivity contribution in [2.75, 3.05) is 0 Å². The quantitative estimate of drug-likeness (QED) is 0.433. The van der Waals surface area contributed by atoms with Crippen LogP contribution in [0.4, 0.5) is 0 Å². The van der Waals surface area contributed by atoms with Crippen LogP contribution in [-0.4, -0.2) is 5.91 Å². The van der Waals surface area contributed by atoms with Gasteiger partial charge in [-0.25, -0.2) is 0 Å². The molecule has 0 heterocycles. The molecule has 0 aromatic rings. The number of nitrogens with two attached hydrogens (primary N) is 1. The number of amides is 1. The van der Waals surface area contributed by atoms with Crippen LogP contribution in [0.2, 0.25) is 0 Å². The van der Waals surface area contributed by atoms with E-state index in [1.54, 1.807) is 0 Å². The summed E-state index contributed by atoms with van der Waals surface area (Å²) in [4.78, 5) is 9.47. The van der Waals surface area contributed by atoms with Crippen LogP contribution in [-0.2, 0) is 4.79 Å². The van der Waals surface area contributed by atoms with Gasteiger partial charge in [-0.05, 0) is 6.08 Å². The van der Waals surface area contributed by atoms with Crippen LogP contribution in [0.1, 0.15) is 1.43 Å². The molecule has 0 radical (unpaired) electrons. The van der Waals surface area contributed by atoms with Crippen molar-refractivity contribution in [2.24, 2.45) is 5.73 Å². The molecule has 0 saturated carbocycles. The second-order valence-electron chi connectivity index (χ2n) is 0.606. The Morgan fingerprint density at radius 1 is 2.20 bits per heavy atom. The highest BCUT2D eigenvalue weighted by atomic mass is 16.1. The molecule has 0 aliphatic carbocycles. The van der Waals surface area contributed by atoms with Crippen molar-refractivity contribution < 1.29 is 6.22 Å². The smallest absolute Gasteiger partial charge is 0.240 e. The molecule has 0 aromatic carbocycles. The molecule has 0 spiro atoms. The fourth-order valence-corrected chi connectivity index (χ4v) is 0. The van der Waals surface area contributed by atoms with Gasteiger partial charge in [-0.1, -0.05) is 6.58 Å². The predicted octanol–water partition coefficient (Wildman–Crippen LogP) is -0.0963. The first-order valence-electron chi connectivity index (χ1n) is 1.19. The maximum atomic E-state index is 9.47. The molecule has 2 nitrogen and oxygen atoms in total. The molecule has 2 N–H and O–H groups in total. The topological polar surface area (TPSA) is 43.1 Å². The van der Waals surface area contributed by atoms with Crippen LogP contribution in [0.5, 0.6) is 0 Å². The molecule has 30 valence electrons. The van der Waals surface area contributed by atoms with E-state index >= 15 is 0 Å². The third-order valence-corrected chi connectivity index (χ3v) is 0.201. The molecule has 0 aromatic heterocycles. The summed E-state index contributed by atoms with van der Waals surface area (Å²) in [6.07, 6.45) is 1.06. The zero-order chi connectivity index (χ0) is 4.28. The van der Waals surface area contributed by atoms with Gasteiger partial charge in [-0.15, -0.1) is 0 Å². The van der Waals surface area contributed by atoms with Gasteiger partial charge in [0.15, 0.2) is 0 Å². The fraction of sp³-hybridized carbons (Fsp3) is 0. The lowest BCUT2D eigenvalue weighted by Gasteiger charge is -1.65. The van der Waals surface area contributed by atoms with Gasteiger partial charge in [0.25, 0.3) is 0 Å². The minimum absolute atomic E-state index is 0. The summed E-state index contributed by atoms with van der Waals surface area (Å²) in [5, 5.41) is 0. The third kappa shape index (κ3) is 3.21. The largest absolute Gasteiger partial charge is 0.366 e. The Balaban J connectivity index is 0. The first-order chi connectivity index (χ1) is 2.27. The number of primary amides is 1. The molecule has 0 bridgehead atoms. The van der Waals surface area contributed by atoms with Gasteiger partial charge in [0.2, 0.25) is 5.91 Å². The van der Waals surface area contributed by atoms with Crippen molar-refractivity contribution in [3.63, 3.8) is 0 Å². The number of carbonyl (C=O) groups is 1. The highest BCUT2D eigenvalue weighted by molar-refractivity contribution is 5.84. The molecular weight excluding hydrogens is 66.0 g/mol. The Kier molecular flexibility index (Phi) is 1.28. The van der Waals surface area contributed by atoms with E-state index in [2.05, 4.69) is 12.3 Å². The van der Waals surface area contributed by atoms with Gasteiger partial charge in [0, 0.05) is 1.43 Å². The van der Waals surface area contributed by atoms with E-state index < -0.39 is 5.91 Å². The molecule has 5 heavy (non-hydrogen) atoms. The van der Waals surface area contributed by atoms with E-state index in [-0.39, 0.29) is 1.43 Å². The van der Waals surface area contributed by atoms with Crippen LogP contribution < -0.4 is 5.73 Å². The van der Waals surface area contributed by atoms with Gasteiger partial charge in [0.1, 0.15) is 0 Å². The zero-order valence-corrected chi connectivity index (χ0v) is 2.77. The maximum absolute atomic E-state index is 9.47. The van der Waals surface area contributed by atoms with Crippen molar-refractivity contribution in [1.82, 2.24) is 0 Å². The Morgan fingerprint density at radius 2 is 2.40 bits per heavy atom. The molecule has 0 saturated heterocycles. The molecule has 0 fully saturated rings. The summed E-state index contributed by atoms with van der Waals surface area (Å²) >= 11 is 0. The summed E-state index contributed by atoms with van der Waals surface area (Å²) in [7, 11) is 0. The van der Waals surface area contributed by atoms with Crippen LogP contribution in [0.25, 0.3) is 0 Å². The third-order valence-electron chi connectivity index (χ3n) is 0.201. The summed E-state index contributed by atoms with van der Waals surface area (Å²) < 4.78 is 0. The molecule has 0 aliphatic heterocycles. The van der Waals surface area contributed by atoms with E-state index in [1.165, 1.54) is 0 Å². The van der Waals surface area contributed by atoms with Crippen molar-refractivity contribution >= 4 is 5.91 Å². The summed E-state index contributed by atoms with van der Waals surface area (Å²) in [5.74, 6) is -0.481. The standard InChI is InChI=1S/C3H5NO.H2/c1-2-3(4)5;/h2H,1H2,(H2,4,5);1H. The summed E-state index contributed by atoms with van der Waals surface area (Å²) in [6, 6.07) is 0. The Labute approximate surface area is 31.8 Å². The highest BCUT2D eigenvalue weighted by Crippen LogP contribution is 1.48. The average Bonchev–Trinajstić information content (AvgIpc) is 1.38. The molecule has 1 amide bonds. The maximum Gasteiger partial charge on any atom is 0.240 e. The minimum Gasteiger partial charge on any atom is -0.366 e. The fourth-order valence-electron chi connectivity index (χ4n) is 0. The van der Waals surface area contributed by atoms with E-state index in [0.717, 1.165) is 6.08 Å². The van der Waals surface area contributed by atoms with Gasteiger partial charge in [0.05, 0.1) is 0 Å². The Hall–Kier alpha value is -0.790. The number of hydrogen-bond donors (Lipinski definition) is 1. The zero-order valence-electron chi connectivity index (χ0n) is 2.77. The lowest BCUT2D eigenvalue weighted by atomic mass is 10.6. The summed E-state index contributed by atoms with van der Waals surface area (Å²) in [5.41, 5.74) is 4.53. The monoisotopic (exact) mass is 73.1 g/mol. The average molecular weight is 73.1 g/mol. The molecule has 0 atom stereocenters. The van der Waals surface area contributed by atoms with Gasteiger partial charge in [-0.3, -0.25) is 4.79 Å². The lowest BCUT2D eigenvalue weighted by molar-refractivity contribution is -0.113. The SMILES string of the molecule is C=CC(N)=O.[HH]. The van der Waals surface area contributed by atoms with Crippen LogP contribution >= 0.6 is 0 Å². The van der Waals surface area contributed by atoms with E-state index in [9.17, 15) is 4.79 Å². The van der Waals surface area contributed by atoms with Crippen molar-refractivity contribution in [2.45, 2.75) is 0 Å². The lowest BCUT2D eigenvalue weighted by Crippen LogP contribution is -2.04. The van der Waals surface area contributed by atoms with Crippen LogP contribution in [0.15, 0.2) is 12.7 Å². The van der Waals surface area contributed by atoms with Gasteiger partial charge >= 0.3 is 0 Å². The molecule has 0 rings (SSSR count). The second-order valence-corrected chi connectivity index (χ2v) is 0.606. The van der Waals surface area contributed by atoms with Crippen molar-refractivity contribution in [3.8, 4) is 0 Å². The molecule has 2 heteroatoms. The minimum atomic E-state index is -0.481. The normalized spacial score (nSPS) is 6.40. The number of rotatable bonds is 1. The van der Waals surface area contributed by atoms with Crippen molar-refractivity contribution in [1.29, 1.82) is 0 Å². The Morgan fingerprint density at radius 3 is 2.40 bits per heavy atom. The van der Waals surface area contributed by atoms with Crippen LogP contribution in [0, 0.1) is 0 Å². The van der Waals surface area contributed by atoms with E-state index in [4.69, 9.17) is 0 Å². The molecule has 0 aliphatic rings. The second kappa shape index (κ2) is 1.52.